The predicted octanol–water partition coefficient (Wildman–Crippen LogP) is 2.15. The number of rotatable bonds is 0. The first kappa shape index (κ1) is 8.77. The molecular weight excluding hydrogens is 162 g/mol. The lowest BCUT2D eigenvalue weighted by Crippen LogP contribution is -2.37. The minimum Gasteiger partial charge on any atom is -0.171 e. The summed E-state index contributed by atoms with van der Waals surface area (Å²) in [6.45, 7) is -0.365. The highest BCUT2D eigenvalue weighted by Gasteiger charge is 2.41. The first-order valence-electron chi connectivity index (χ1n) is 3.47. The third-order valence-electron chi connectivity index (χ3n) is 1.83. The summed E-state index contributed by atoms with van der Waals surface area (Å²) >= 11 is 0. The Morgan fingerprint density at radius 2 is 1.91 bits per heavy atom. The van der Waals surface area contributed by atoms with Gasteiger partial charge >= 0.3 is 6.18 Å². The first-order valence-corrected chi connectivity index (χ1v) is 3.47. The lowest BCUT2D eigenvalue weighted by molar-refractivity contribution is -0.200. The standard InChI is InChI=1S/C6H9F4N/c7-6(8,9)5-2-1-3-11(10)4-5/h5H,1-4H2. The van der Waals surface area contributed by atoms with Crippen LogP contribution in [0.3, 0.4) is 0 Å². The molecule has 11 heavy (non-hydrogen) atoms. The molecule has 0 aliphatic carbocycles. The summed E-state index contributed by atoms with van der Waals surface area (Å²) in [6, 6.07) is 0. The van der Waals surface area contributed by atoms with Gasteiger partial charge in [0.05, 0.1) is 5.92 Å². The predicted molar refractivity (Wildman–Crippen MR) is 31.5 cm³/mol. The van der Waals surface area contributed by atoms with Crippen LogP contribution >= 0.6 is 0 Å². The molecule has 1 fully saturated rings. The Bertz CT molecular complexity index is 133. The Hall–Kier alpha value is -0.320. The fraction of sp³-hybridized carbons (Fsp3) is 1.00. The van der Waals surface area contributed by atoms with Crippen molar-refractivity contribution in [1.29, 1.82) is 0 Å². The summed E-state index contributed by atoms with van der Waals surface area (Å²) in [4.78, 5) is 0. The molecule has 1 aliphatic heterocycles. The van der Waals surface area contributed by atoms with Crippen LogP contribution in [0.2, 0.25) is 0 Å². The minimum absolute atomic E-state index is 0.0594. The van der Waals surface area contributed by atoms with Gasteiger partial charge < -0.3 is 0 Å². The van der Waals surface area contributed by atoms with E-state index in [1.807, 2.05) is 0 Å². The maximum Gasteiger partial charge on any atom is 0.393 e. The van der Waals surface area contributed by atoms with E-state index in [2.05, 4.69) is 0 Å². The highest BCUT2D eigenvalue weighted by atomic mass is 19.4. The van der Waals surface area contributed by atoms with Crippen LogP contribution in [0.4, 0.5) is 17.7 Å². The molecular formula is C6H9F4N. The van der Waals surface area contributed by atoms with Gasteiger partial charge in [-0.15, -0.1) is 9.60 Å². The number of hydrogen-bond acceptors (Lipinski definition) is 1. The normalized spacial score (nSPS) is 28.9. The van der Waals surface area contributed by atoms with Gasteiger partial charge in [0, 0.05) is 13.1 Å². The molecule has 1 saturated heterocycles. The first-order chi connectivity index (χ1) is 5.00. The second-order valence-corrected chi connectivity index (χ2v) is 2.75. The number of piperidine rings is 1. The zero-order chi connectivity index (χ0) is 8.48. The zero-order valence-electron chi connectivity index (χ0n) is 5.86. The molecule has 0 bridgehead atoms. The molecule has 1 aliphatic rings. The van der Waals surface area contributed by atoms with Gasteiger partial charge in [0.25, 0.3) is 0 Å². The van der Waals surface area contributed by atoms with Gasteiger partial charge in [-0.1, -0.05) is 0 Å². The lowest BCUT2D eigenvalue weighted by Gasteiger charge is -2.27. The van der Waals surface area contributed by atoms with Crippen molar-refractivity contribution in [3.8, 4) is 0 Å². The molecule has 1 rings (SSSR count). The van der Waals surface area contributed by atoms with E-state index in [1.165, 1.54) is 0 Å². The highest BCUT2D eigenvalue weighted by Crippen LogP contribution is 2.32. The quantitative estimate of drug-likeness (QED) is 0.398. The molecule has 0 N–H and O–H groups in total. The number of halogens is 4. The van der Waals surface area contributed by atoms with Crippen molar-refractivity contribution in [2.24, 2.45) is 5.92 Å². The van der Waals surface area contributed by atoms with Gasteiger partial charge in [-0.05, 0) is 12.8 Å². The van der Waals surface area contributed by atoms with Gasteiger partial charge in [0.15, 0.2) is 0 Å². The average Bonchev–Trinajstić information content (AvgIpc) is 1.86. The fourth-order valence-electron chi connectivity index (χ4n) is 1.20. The van der Waals surface area contributed by atoms with Crippen molar-refractivity contribution >= 4 is 0 Å². The van der Waals surface area contributed by atoms with Crippen molar-refractivity contribution in [3.05, 3.63) is 0 Å². The second-order valence-electron chi connectivity index (χ2n) is 2.75. The van der Waals surface area contributed by atoms with Crippen LogP contribution in [0.5, 0.6) is 0 Å². The van der Waals surface area contributed by atoms with E-state index in [9.17, 15) is 17.7 Å². The second kappa shape index (κ2) is 2.97. The smallest absolute Gasteiger partial charge is 0.171 e. The maximum absolute atomic E-state index is 12.3. The topological polar surface area (TPSA) is 3.24 Å². The van der Waals surface area contributed by atoms with Crippen LogP contribution in [-0.2, 0) is 0 Å². The van der Waals surface area contributed by atoms with Crippen molar-refractivity contribution in [3.63, 3.8) is 0 Å². The van der Waals surface area contributed by atoms with Crippen molar-refractivity contribution < 1.29 is 17.7 Å². The van der Waals surface area contributed by atoms with Gasteiger partial charge in [-0.3, -0.25) is 0 Å². The van der Waals surface area contributed by atoms with Gasteiger partial charge in [-0.2, -0.15) is 13.2 Å². The molecule has 1 nitrogen and oxygen atoms in total. The van der Waals surface area contributed by atoms with Crippen LogP contribution in [0.15, 0.2) is 0 Å². The SMILES string of the molecule is FN1CCCC(C(F)(F)F)C1. The van der Waals surface area contributed by atoms with E-state index in [-0.39, 0.29) is 18.1 Å². The van der Waals surface area contributed by atoms with Crippen LogP contribution in [-0.4, -0.2) is 24.4 Å². The summed E-state index contributed by atoms with van der Waals surface area (Å²) in [6.07, 6.45) is -3.88. The largest absolute Gasteiger partial charge is 0.393 e. The van der Waals surface area contributed by atoms with Crippen molar-refractivity contribution in [2.75, 3.05) is 13.1 Å². The summed E-state index contributed by atoms with van der Waals surface area (Å²) < 4.78 is 48.1. The Morgan fingerprint density at radius 3 is 2.27 bits per heavy atom. The summed E-state index contributed by atoms with van der Waals surface area (Å²) in [5.74, 6) is -1.47. The Kier molecular flexibility index (Phi) is 2.37. The van der Waals surface area contributed by atoms with Crippen LogP contribution in [0.25, 0.3) is 0 Å². The Balaban J connectivity index is 2.46. The van der Waals surface area contributed by atoms with Crippen LogP contribution in [0.1, 0.15) is 12.8 Å². The summed E-state index contributed by atoms with van der Waals surface area (Å²) in [5.41, 5.74) is 0. The summed E-state index contributed by atoms with van der Waals surface area (Å²) in [7, 11) is 0. The molecule has 0 radical (unpaired) electrons. The molecule has 0 saturated carbocycles. The molecule has 0 aromatic heterocycles. The van der Waals surface area contributed by atoms with Crippen molar-refractivity contribution in [2.45, 2.75) is 19.0 Å². The number of alkyl halides is 3. The van der Waals surface area contributed by atoms with E-state index in [0.29, 0.717) is 6.42 Å². The zero-order valence-corrected chi connectivity index (χ0v) is 5.86. The highest BCUT2D eigenvalue weighted by molar-refractivity contribution is 4.74. The van der Waals surface area contributed by atoms with E-state index < -0.39 is 18.6 Å². The number of hydrogen-bond donors (Lipinski definition) is 0. The van der Waals surface area contributed by atoms with Crippen molar-refractivity contribution in [1.82, 2.24) is 5.12 Å². The maximum atomic E-state index is 12.3. The van der Waals surface area contributed by atoms with Crippen LogP contribution in [0, 0.1) is 5.92 Å². The third-order valence-corrected chi connectivity index (χ3v) is 1.83. The number of nitrogens with zero attached hydrogens (tertiary/aromatic N) is 1. The molecule has 0 aromatic carbocycles. The van der Waals surface area contributed by atoms with Gasteiger partial charge in [0.2, 0.25) is 0 Å². The van der Waals surface area contributed by atoms with E-state index in [1.54, 1.807) is 0 Å². The molecule has 1 heterocycles. The molecule has 1 atom stereocenters. The average molecular weight is 171 g/mol. The third kappa shape index (κ3) is 2.32. The Morgan fingerprint density at radius 1 is 1.27 bits per heavy atom. The molecule has 0 aromatic rings. The molecule has 1 unspecified atom stereocenters. The van der Waals surface area contributed by atoms with Gasteiger partial charge in [-0.25, -0.2) is 0 Å². The van der Waals surface area contributed by atoms with Crippen LogP contribution < -0.4 is 0 Å². The van der Waals surface area contributed by atoms with E-state index in [0.717, 1.165) is 0 Å². The monoisotopic (exact) mass is 171 g/mol. The molecule has 5 heteroatoms. The lowest BCUT2D eigenvalue weighted by atomic mass is 9.99. The molecule has 0 spiro atoms. The summed E-state index contributed by atoms with van der Waals surface area (Å²) in [5, 5.41) is 0.238. The van der Waals surface area contributed by atoms with Gasteiger partial charge in [0.1, 0.15) is 0 Å². The molecule has 0 amide bonds. The Labute approximate surface area is 61.9 Å². The van der Waals surface area contributed by atoms with E-state index >= 15 is 0 Å². The van der Waals surface area contributed by atoms with E-state index in [4.69, 9.17) is 0 Å². The molecule has 66 valence electrons. The fourth-order valence-corrected chi connectivity index (χ4v) is 1.20. The minimum atomic E-state index is -4.23.